The highest BCUT2D eigenvalue weighted by Gasteiger charge is 2.18. The zero-order chi connectivity index (χ0) is 20.2. The predicted molar refractivity (Wildman–Crippen MR) is 115 cm³/mol. The molecule has 4 rings (SSSR count). The summed E-state index contributed by atoms with van der Waals surface area (Å²) in [4.78, 5) is 17.6. The molecule has 1 amide bonds. The molecule has 1 N–H and O–H groups in total. The minimum absolute atomic E-state index is 0.211. The van der Waals surface area contributed by atoms with Crippen LogP contribution in [0.15, 0.2) is 84.9 Å². The Bertz CT molecular complexity index is 1140. The van der Waals surface area contributed by atoms with Crippen molar-refractivity contribution in [2.75, 3.05) is 7.11 Å². The Kier molecular flexibility index (Phi) is 5.25. The molecule has 0 aliphatic rings. The molecule has 4 nitrogen and oxygen atoms in total. The molecule has 29 heavy (non-hydrogen) atoms. The van der Waals surface area contributed by atoms with Crippen LogP contribution in [0, 0.1) is 6.92 Å². The lowest BCUT2D eigenvalue weighted by Gasteiger charge is -2.20. The van der Waals surface area contributed by atoms with Crippen molar-refractivity contribution in [2.45, 2.75) is 13.0 Å². The van der Waals surface area contributed by atoms with E-state index in [0.29, 0.717) is 5.69 Å². The van der Waals surface area contributed by atoms with Crippen molar-refractivity contribution in [3.8, 4) is 5.75 Å². The van der Waals surface area contributed by atoms with Gasteiger partial charge in [-0.2, -0.15) is 0 Å². The van der Waals surface area contributed by atoms with Crippen LogP contribution in [0.3, 0.4) is 0 Å². The summed E-state index contributed by atoms with van der Waals surface area (Å²) < 4.78 is 5.25. The third-order valence-corrected chi connectivity index (χ3v) is 4.95. The maximum atomic E-state index is 13.0. The number of carbonyl (C=O) groups is 1. The average Bonchev–Trinajstić information content (AvgIpc) is 2.78. The normalized spacial score (nSPS) is 11.8. The highest BCUT2D eigenvalue weighted by molar-refractivity contribution is 5.95. The molecule has 0 saturated heterocycles. The number of rotatable bonds is 5. The smallest absolute Gasteiger partial charge is 0.270 e. The largest absolute Gasteiger partial charge is 0.497 e. The second-order valence-corrected chi connectivity index (χ2v) is 6.98. The number of aryl methyl sites for hydroxylation is 1. The number of nitrogens with one attached hydrogen (secondary N) is 1. The molecule has 0 aliphatic carbocycles. The van der Waals surface area contributed by atoms with Crippen molar-refractivity contribution in [3.63, 3.8) is 0 Å². The van der Waals surface area contributed by atoms with Crippen molar-refractivity contribution < 1.29 is 9.53 Å². The number of methoxy groups -OCH3 is 1. The number of benzene rings is 3. The zero-order valence-electron chi connectivity index (χ0n) is 16.4. The number of ether oxygens (including phenoxy) is 1. The van der Waals surface area contributed by atoms with Gasteiger partial charge < -0.3 is 10.1 Å². The lowest BCUT2D eigenvalue weighted by atomic mass is 9.97. The lowest BCUT2D eigenvalue weighted by molar-refractivity contribution is 0.0938. The van der Waals surface area contributed by atoms with Crippen LogP contribution >= 0.6 is 0 Å². The number of aromatic nitrogens is 1. The van der Waals surface area contributed by atoms with Crippen molar-refractivity contribution >= 4 is 16.8 Å². The van der Waals surface area contributed by atoms with Crippen LogP contribution in [0.25, 0.3) is 10.9 Å². The predicted octanol–water partition coefficient (Wildman–Crippen LogP) is 5.07. The average molecular weight is 382 g/mol. The molecule has 1 heterocycles. The first kappa shape index (κ1) is 18.7. The Balaban J connectivity index is 1.65. The number of nitrogens with zero attached hydrogens (tertiary/aromatic N) is 1. The van der Waals surface area contributed by atoms with E-state index in [9.17, 15) is 4.79 Å². The van der Waals surface area contributed by atoms with Crippen LogP contribution in [0.1, 0.15) is 33.2 Å². The minimum atomic E-state index is -0.252. The summed E-state index contributed by atoms with van der Waals surface area (Å²) >= 11 is 0. The van der Waals surface area contributed by atoms with Gasteiger partial charge in [0, 0.05) is 5.39 Å². The van der Waals surface area contributed by atoms with Crippen molar-refractivity contribution in [2.24, 2.45) is 0 Å². The van der Waals surface area contributed by atoms with Crippen LogP contribution in [0.5, 0.6) is 5.75 Å². The molecule has 0 bridgehead atoms. The van der Waals surface area contributed by atoms with E-state index < -0.39 is 0 Å². The monoisotopic (exact) mass is 382 g/mol. The Hall–Kier alpha value is -3.66. The second-order valence-electron chi connectivity index (χ2n) is 6.98. The van der Waals surface area contributed by atoms with Crippen LogP contribution in [-0.2, 0) is 0 Å². The van der Waals surface area contributed by atoms with Gasteiger partial charge in [0.05, 0.1) is 18.7 Å². The van der Waals surface area contributed by atoms with Crippen LogP contribution in [0.4, 0.5) is 0 Å². The van der Waals surface area contributed by atoms with Crippen molar-refractivity contribution in [1.82, 2.24) is 10.3 Å². The summed E-state index contributed by atoms with van der Waals surface area (Å²) in [5.74, 6) is 0.553. The van der Waals surface area contributed by atoms with Gasteiger partial charge in [-0.3, -0.25) is 4.79 Å². The van der Waals surface area contributed by atoms with Crippen LogP contribution in [0.2, 0.25) is 0 Å². The van der Waals surface area contributed by atoms with Gasteiger partial charge in [-0.1, -0.05) is 66.2 Å². The van der Waals surface area contributed by atoms with E-state index in [4.69, 9.17) is 4.74 Å². The first-order valence-electron chi connectivity index (χ1n) is 9.51. The molecular formula is C25H22N2O2. The standard InChI is InChI=1S/C25H22N2O2/c1-17-8-10-19(11-9-17)24(18-6-4-3-5-7-18)27-25(28)23-14-12-20-16-21(29-2)13-15-22(20)26-23/h3-16,24H,1-2H3,(H,27,28)/t24-/m0/s1. The molecule has 1 atom stereocenters. The quantitative estimate of drug-likeness (QED) is 0.524. The Morgan fingerprint density at radius 3 is 2.34 bits per heavy atom. The molecular weight excluding hydrogens is 360 g/mol. The third kappa shape index (κ3) is 4.11. The molecule has 0 unspecified atom stereocenters. The summed E-state index contributed by atoms with van der Waals surface area (Å²) in [6, 6.07) is 27.2. The van der Waals surface area contributed by atoms with Gasteiger partial charge >= 0.3 is 0 Å². The fraction of sp³-hybridized carbons (Fsp3) is 0.120. The summed E-state index contributed by atoms with van der Waals surface area (Å²) in [6.07, 6.45) is 0. The van der Waals surface area contributed by atoms with Gasteiger partial charge in [0.2, 0.25) is 0 Å². The number of carbonyl (C=O) groups excluding carboxylic acids is 1. The third-order valence-electron chi connectivity index (χ3n) is 4.95. The Labute approximate surface area is 170 Å². The Morgan fingerprint density at radius 2 is 1.62 bits per heavy atom. The maximum Gasteiger partial charge on any atom is 0.270 e. The van der Waals surface area contributed by atoms with Gasteiger partial charge in [-0.15, -0.1) is 0 Å². The van der Waals surface area contributed by atoms with E-state index in [0.717, 1.165) is 27.8 Å². The van der Waals surface area contributed by atoms with E-state index in [-0.39, 0.29) is 11.9 Å². The number of fused-ring (bicyclic) bond motifs is 1. The molecule has 3 aromatic carbocycles. The topological polar surface area (TPSA) is 51.2 Å². The molecule has 144 valence electrons. The summed E-state index contributed by atoms with van der Waals surface area (Å²) in [7, 11) is 1.63. The molecule has 4 heteroatoms. The molecule has 0 aliphatic heterocycles. The molecule has 0 fully saturated rings. The number of hydrogen-bond acceptors (Lipinski definition) is 3. The number of pyridine rings is 1. The van der Waals surface area contributed by atoms with Gasteiger partial charge in [0.25, 0.3) is 5.91 Å². The van der Waals surface area contributed by atoms with Gasteiger partial charge in [0.15, 0.2) is 0 Å². The fourth-order valence-corrected chi connectivity index (χ4v) is 3.33. The fourth-order valence-electron chi connectivity index (χ4n) is 3.33. The zero-order valence-corrected chi connectivity index (χ0v) is 16.4. The van der Waals surface area contributed by atoms with Gasteiger partial charge in [0.1, 0.15) is 11.4 Å². The maximum absolute atomic E-state index is 13.0. The van der Waals surface area contributed by atoms with E-state index in [1.54, 1.807) is 13.2 Å². The van der Waals surface area contributed by atoms with Crippen LogP contribution < -0.4 is 10.1 Å². The second kappa shape index (κ2) is 8.15. The highest BCUT2D eigenvalue weighted by Crippen LogP contribution is 2.24. The molecule has 0 saturated carbocycles. The van der Waals surface area contributed by atoms with Crippen molar-refractivity contribution in [1.29, 1.82) is 0 Å². The summed E-state index contributed by atoms with van der Waals surface area (Å²) in [5, 5.41) is 4.08. The van der Waals surface area contributed by atoms with Gasteiger partial charge in [-0.05, 0) is 42.3 Å². The lowest BCUT2D eigenvalue weighted by Crippen LogP contribution is -2.30. The molecule has 0 spiro atoms. The first-order valence-corrected chi connectivity index (χ1v) is 9.51. The first-order chi connectivity index (χ1) is 14.1. The number of amides is 1. The summed E-state index contributed by atoms with van der Waals surface area (Å²) in [6.45, 7) is 2.05. The Morgan fingerprint density at radius 1 is 0.897 bits per heavy atom. The molecule has 1 aromatic heterocycles. The highest BCUT2D eigenvalue weighted by atomic mass is 16.5. The molecule has 0 radical (unpaired) electrons. The van der Waals surface area contributed by atoms with E-state index >= 15 is 0 Å². The minimum Gasteiger partial charge on any atom is -0.497 e. The van der Waals surface area contributed by atoms with Crippen molar-refractivity contribution in [3.05, 3.63) is 107 Å². The van der Waals surface area contributed by atoms with E-state index in [2.05, 4.69) is 22.4 Å². The molecule has 4 aromatic rings. The van der Waals surface area contributed by atoms with E-state index in [1.165, 1.54) is 5.56 Å². The summed E-state index contributed by atoms with van der Waals surface area (Å²) in [5.41, 5.74) is 4.37. The van der Waals surface area contributed by atoms with Gasteiger partial charge in [-0.25, -0.2) is 4.98 Å². The number of hydrogen-bond donors (Lipinski definition) is 1. The van der Waals surface area contributed by atoms with E-state index in [1.807, 2.05) is 73.7 Å². The van der Waals surface area contributed by atoms with Crippen LogP contribution in [-0.4, -0.2) is 18.0 Å². The SMILES string of the molecule is COc1ccc2nc(C(=O)N[C@@H](c3ccccc3)c3ccc(C)cc3)ccc2c1.